The quantitative estimate of drug-likeness (QED) is 0.840. The van der Waals surface area contributed by atoms with Crippen LogP contribution in [-0.4, -0.2) is 25.8 Å². The van der Waals surface area contributed by atoms with E-state index in [1.807, 2.05) is 26.0 Å². The fraction of sp³-hybridized carbons (Fsp3) is 0.625. The summed E-state index contributed by atoms with van der Waals surface area (Å²) < 4.78 is 27.4. The molecule has 0 amide bonds. The maximum atomic E-state index is 12.8. The molecule has 2 unspecified atom stereocenters. The van der Waals surface area contributed by atoms with E-state index in [0.717, 1.165) is 24.2 Å². The number of hydrogen-bond acceptors (Lipinski definition) is 2. The number of rotatable bonds is 2. The van der Waals surface area contributed by atoms with Gasteiger partial charge in [0, 0.05) is 13.1 Å². The van der Waals surface area contributed by atoms with Crippen molar-refractivity contribution in [3.05, 3.63) is 29.3 Å². The van der Waals surface area contributed by atoms with Gasteiger partial charge in [-0.2, -0.15) is 4.31 Å². The summed E-state index contributed by atoms with van der Waals surface area (Å²) in [5, 5.41) is 0. The van der Waals surface area contributed by atoms with Crippen molar-refractivity contribution in [3.8, 4) is 0 Å². The van der Waals surface area contributed by atoms with Gasteiger partial charge in [0.15, 0.2) is 0 Å². The normalized spacial score (nSPS) is 27.5. The standard InChI is InChI=1S/C16H23NO2S/c1-12-7-8-16(13(2)9-12)20(18,19)17-10-14-5-3-4-6-15(14)11-17/h7-9,14-15H,3-6,10-11H2,1-2H3. The highest BCUT2D eigenvalue weighted by molar-refractivity contribution is 7.89. The molecule has 0 bridgehead atoms. The largest absolute Gasteiger partial charge is 0.243 e. The second kappa shape index (κ2) is 5.15. The van der Waals surface area contributed by atoms with Crippen molar-refractivity contribution in [2.75, 3.05) is 13.1 Å². The Hall–Kier alpha value is -0.870. The van der Waals surface area contributed by atoms with E-state index in [2.05, 4.69) is 0 Å². The Labute approximate surface area is 122 Å². The first-order chi connectivity index (χ1) is 9.48. The van der Waals surface area contributed by atoms with Crippen LogP contribution in [0.3, 0.4) is 0 Å². The third kappa shape index (κ3) is 2.40. The summed E-state index contributed by atoms with van der Waals surface area (Å²) in [5.41, 5.74) is 1.97. The third-order valence-corrected chi connectivity index (χ3v) is 6.88. The second-order valence-corrected chi connectivity index (χ2v) is 8.30. The Morgan fingerprint density at radius 1 is 1.05 bits per heavy atom. The summed E-state index contributed by atoms with van der Waals surface area (Å²) in [6.45, 7) is 5.33. The molecule has 0 spiro atoms. The lowest BCUT2D eigenvalue weighted by Gasteiger charge is -2.22. The van der Waals surface area contributed by atoms with Crippen molar-refractivity contribution in [1.82, 2.24) is 4.31 Å². The van der Waals surface area contributed by atoms with Crippen LogP contribution in [0.5, 0.6) is 0 Å². The molecule has 0 N–H and O–H groups in total. The van der Waals surface area contributed by atoms with Crippen molar-refractivity contribution in [2.45, 2.75) is 44.4 Å². The van der Waals surface area contributed by atoms with Gasteiger partial charge in [-0.3, -0.25) is 0 Å². The lowest BCUT2D eigenvalue weighted by molar-refractivity contribution is 0.299. The molecule has 1 aliphatic carbocycles. The molecule has 2 atom stereocenters. The van der Waals surface area contributed by atoms with E-state index in [4.69, 9.17) is 0 Å². The summed E-state index contributed by atoms with van der Waals surface area (Å²) in [7, 11) is -3.31. The molecule has 2 fully saturated rings. The molecule has 0 radical (unpaired) electrons. The van der Waals surface area contributed by atoms with Gasteiger partial charge >= 0.3 is 0 Å². The van der Waals surface area contributed by atoms with Crippen LogP contribution in [0, 0.1) is 25.7 Å². The molecule has 20 heavy (non-hydrogen) atoms. The minimum absolute atomic E-state index is 0.488. The van der Waals surface area contributed by atoms with E-state index in [-0.39, 0.29) is 0 Å². The van der Waals surface area contributed by atoms with Crippen molar-refractivity contribution < 1.29 is 8.42 Å². The van der Waals surface area contributed by atoms with Crippen LogP contribution in [0.1, 0.15) is 36.8 Å². The smallest absolute Gasteiger partial charge is 0.207 e. The number of fused-ring (bicyclic) bond motifs is 1. The molecule has 3 nitrogen and oxygen atoms in total. The van der Waals surface area contributed by atoms with Gasteiger partial charge in [0.1, 0.15) is 0 Å². The van der Waals surface area contributed by atoms with Gasteiger partial charge in [-0.1, -0.05) is 30.5 Å². The van der Waals surface area contributed by atoms with Gasteiger partial charge < -0.3 is 0 Å². The first-order valence-electron chi connectivity index (χ1n) is 7.56. The predicted molar refractivity (Wildman–Crippen MR) is 80.1 cm³/mol. The molecule has 4 heteroatoms. The van der Waals surface area contributed by atoms with Gasteiger partial charge in [-0.15, -0.1) is 0 Å². The van der Waals surface area contributed by atoms with E-state index in [9.17, 15) is 8.42 Å². The van der Waals surface area contributed by atoms with Gasteiger partial charge in [0.2, 0.25) is 10.0 Å². The van der Waals surface area contributed by atoms with Crippen LogP contribution in [0.4, 0.5) is 0 Å². The third-order valence-electron chi connectivity index (χ3n) is 4.89. The number of sulfonamides is 1. The molecule has 0 aromatic heterocycles. The lowest BCUT2D eigenvalue weighted by atomic mass is 9.82. The molecule has 1 saturated heterocycles. The van der Waals surface area contributed by atoms with Crippen molar-refractivity contribution in [1.29, 1.82) is 0 Å². The van der Waals surface area contributed by atoms with Crippen LogP contribution in [-0.2, 0) is 10.0 Å². The van der Waals surface area contributed by atoms with Crippen LogP contribution >= 0.6 is 0 Å². The monoisotopic (exact) mass is 293 g/mol. The van der Waals surface area contributed by atoms with Gasteiger partial charge in [-0.25, -0.2) is 8.42 Å². The molecule has 1 aliphatic heterocycles. The highest BCUT2D eigenvalue weighted by Crippen LogP contribution is 2.38. The van der Waals surface area contributed by atoms with Gasteiger partial charge in [0.05, 0.1) is 4.90 Å². The Morgan fingerprint density at radius 2 is 1.65 bits per heavy atom. The first-order valence-corrected chi connectivity index (χ1v) is 9.00. The number of hydrogen-bond donors (Lipinski definition) is 0. The van der Waals surface area contributed by atoms with E-state index >= 15 is 0 Å². The zero-order valence-corrected chi connectivity index (χ0v) is 13.1. The van der Waals surface area contributed by atoms with Crippen LogP contribution < -0.4 is 0 Å². The molecule has 1 aromatic carbocycles. The zero-order valence-electron chi connectivity index (χ0n) is 12.3. The molecule has 1 saturated carbocycles. The van der Waals surface area contributed by atoms with Crippen LogP contribution in [0.25, 0.3) is 0 Å². The van der Waals surface area contributed by atoms with E-state index in [1.54, 1.807) is 10.4 Å². The minimum Gasteiger partial charge on any atom is -0.207 e. The molecule has 1 aromatic rings. The SMILES string of the molecule is Cc1ccc(S(=O)(=O)N2CC3CCCCC3C2)c(C)c1. The summed E-state index contributed by atoms with van der Waals surface area (Å²) in [6.07, 6.45) is 4.92. The topological polar surface area (TPSA) is 37.4 Å². The molecule has 2 aliphatic rings. The van der Waals surface area contributed by atoms with E-state index in [1.165, 1.54) is 25.7 Å². The maximum absolute atomic E-state index is 12.8. The van der Waals surface area contributed by atoms with E-state index in [0.29, 0.717) is 16.7 Å². The van der Waals surface area contributed by atoms with Crippen molar-refractivity contribution in [2.24, 2.45) is 11.8 Å². The Kier molecular flexibility index (Phi) is 3.63. The maximum Gasteiger partial charge on any atom is 0.243 e. The predicted octanol–water partition coefficient (Wildman–Crippen LogP) is 3.11. The Balaban J connectivity index is 1.89. The second-order valence-electron chi connectivity index (χ2n) is 6.40. The summed E-state index contributed by atoms with van der Waals surface area (Å²) in [5.74, 6) is 1.17. The summed E-state index contributed by atoms with van der Waals surface area (Å²) in [4.78, 5) is 0.488. The Morgan fingerprint density at radius 3 is 2.20 bits per heavy atom. The van der Waals surface area contributed by atoms with Gasteiger partial charge in [0.25, 0.3) is 0 Å². The fourth-order valence-electron chi connectivity index (χ4n) is 3.79. The molecule has 3 rings (SSSR count). The van der Waals surface area contributed by atoms with Gasteiger partial charge in [-0.05, 0) is 50.2 Å². The number of nitrogens with zero attached hydrogens (tertiary/aromatic N) is 1. The fourth-order valence-corrected chi connectivity index (χ4v) is 5.55. The van der Waals surface area contributed by atoms with Crippen LogP contribution in [0.15, 0.2) is 23.1 Å². The number of aryl methyl sites for hydroxylation is 2. The van der Waals surface area contributed by atoms with Crippen molar-refractivity contribution >= 4 is 10.0 Å². The van der Waals surface area contributed by atoms with Crippen LogP contribution in [0.2, 0.25) is 0 Å². The highest BCUT2D eigenvalue weighted by atomic mass is 32.2. The molecular weight excluding hydrogens is 270 g/mol. The average molecular weight is 293 g/mol. The number of benzene rings is 1. The summed E-state index contributed by atoms with van der Waals surface area (Å²) >= 11 is 0. The lowest BCUT2D eigenvalue weighted by Crippen LogP contribution is -2.29. The zero-order chi connectivity index (χ0) is 14.3. The minimum atomic E-state index is -3.31. The molecular formula is C16H23NO2S. The summed E-state index contributed by atoms with van der Waals surface area (Å²) in [6, 6.07) is 5.61. The first kappa shape index (κ1) is 14.1. The van der Waals surface area contributed by atoms with E-state index < -0.39 is 10.0 Å². The Bertz CT molecular complexity index is 595. The average Bonchev–Trinajstić information content (AvgIpc) is 2.82. The highest BCUT2D eigenvalue weighted by Gasteiger charge is 2.40. The van der Waals surface area contributed by atoms with Crippen molar-refractivity contribution in [3.63, 3.8) is 0 Å². The molecule has 1 heterocycles. The molecule has 110 valence electrons.